The van der Waals surface area contributed by atoms with Crippen LogP contribution in [-0.4, -0.2) is 59.5 Å². The molecule has 5 nitrogen and oxygen atoms in total. The molecule has 0 aliphatic carbocycles. The van der Waals surface area contributed by atoms with Gasteiger partial charge < -0.3 is 10.2 Å². The summed E-state index contributed by atoms with van der Waals surface area (Å²) in [6.07, 6.45) is 1.46. The molecule has 0 atom stereocenters. The number of likely N-dealkylation sites (N-methyl/N-ethyl adjacent to an activating group) is 2. The fourth-order valence-corrected chi connectivity index (χ4v) is 2.38. The van der Waals surface area contributed by atoms with Crippen molar-refractivity contribution in [2.45, 2.75) is 40.2 Å². The van der Waals surface area contributed by atoms with E-state index in [4.69, 9.17) is 0 Å². The monoisotopic (exact) mass is 338 g/mol. The van der Waals surface area contributed by atoms with Crippen LogP contribution in [0, 0.1) is 11.7 Å². The third-order valence-corrected chi connectivity index (χ3v) is 4.32. The molecule has 136 valence electrons. The lowest BCUT2D eigenvalue weighted by Crippen LogP contribution is -2.53. The van der Waals surface area contributed by atoms with E-state index in [-0.39, 0.29) is 11.7 Å². The first-order valence-corrected chi connectivity index (χ1v) is 8.54. The molecule has 1 aromatic heterocycles. The summed E-state index contributed by atoms with van der Waals surface area (Å²) in [5.74, 6) is -0.217. The fourth-order valence-electron chi connectivity index (χ4n) is 2.38. The lowest BCUT2D eigenvalue weighted by molar-refractivity contribution is -0.125. The van der Waals surface area contributed by atoms with Crippen LogP contribution >= 0.6 is 0 Å². The van der Waals surface area contributed by atoms with Crippen LogP contribution in [0.25, 0.3) is 0 Å². The maximum atomic E-state index is 13.7. The van der Waals surface area contributed by atoms with Crippen molar-refractivity contribution in [2.75, 3.05) is 38.5 Å². The smallest absolute Gasteiger partial charge is 0.245 e. The van der Waals surface area contributed by atoms with E-state index in [1.807, 2.05) is 25.8 Å². The minimum absolute atomic E-state index is 0.0287. The highest BCUT2D eigenvalue weighted by Crippen LogP contribution is 2.17. The van der Waals surface area contributed by atoms with Gasteiger partial charge in [-0.3, -0.25) is 9.69 Å². The summed E-state index contributed by atoms with van der Waals surface area (Å²) in [5, 5.41) is 2.58. The Kier molecular flexibility index (Phi) is 7.76. The van der Waals surface area contributed by atoms with Gasteiger partial charge in [0.2, 0.25) is 5.91 Å². The van der Waals surface area contributed by atoms with Gasteiger partial charge >= 0.3 is 0 Å². The van der Waals surface area contributed by atoms with E-state index in [2.05, 4.69) is 36.0 Å². The van der Waals surface area contributed by atoms with Gasteiger partial charge in [0.1, 0.15) is 0 Å². The highest BCUT2D eigenvalue weighted by atomic mass is 19.1. The Morgan fingerprint density at radius 1 is 1.38 bits per heavy atom. The second-order valence-corrected chi connectivity index (χ2v) is 7.06. The maximum Gasteiger partial charge on any atom is 0.245 e. The van der Waals surface area contributed by atoms with E-state index < -0.39 is 11.4 Å². The van der Waals surface area contributed by atoms with Gasteiger partial charge in [-0.25, -0.2) is 9.37 Å². The first-order chi connectivity index (χ1) is 11.2. The van der Waals surface area contributed by atoms with Crippen LogP contribution in [0.3, 0.4) is 0 Å². The van der Waals surface area contributed by atoms with Gasteiger partial charge in [0.25, 0.3) is 0 Å². The Hall–Kier alpha value is -1.53. The average molecular weight is 338 g/mol. The summed E-state index contributed by atoms with van der Waals surface area (Å²) in [5.41, 5.74) is -0.763. The van der Waals surface area contributed by atoms with Crippen LogP contribution in [0.5, 0.6) is 0 Å². The summed E-state index contributed by atoms with van der Waals surface area (Å²) in [6.45, 7) is 13.9. The molecule has 24 heavy (non-hydrogen) atoms. The summed E-state index contributed by atoms with van der Waals surface area (Å²) >= 11 is 0. The summed E-state index contributed by atoms with van der Waals surface area (Å²) in [6, 6.07) is 2.78. The molecule has 1 aromatic rings. The van der Waals surface area contributed by atoms with Gasteiger partial charge in [0, 0.05) is 25.8 Å². The van der Waals surface area contributed by atoms with E-state index in [0.717, 1.165) is 26.2 Å². The zero-order valence-electron chi connectivity index (χ0n) is 15.8. The number of hydrogen-bond acceptors (Lipinski definition) is 4. The molecule has 1 amide bonds. The van der Waals surface area contributed by atoms with Crippen LogP contribution in [-0.2, 0) is 4.79 Å². The fraction of sp³-hybridized carbons (Fsp3) is 0.667. The van der Waals surface area contributed by atoms with E-state index in [1.165, 1.54) is 18.3 Å². The van der Waals surface area contributed by atoms with Crippen molar-refractivity contribution in [1.29, 1.82) is 0 Å². The quantitative estimate of drug-likeness (QED) is 0.752. The second kappa shape index (κ2) is 9.08. The third kappa shape index (κ3) is 5.83. The molecule has 0 fully saturated rings. The van der Waals surface area contributed by atoms with Gasteiger partial charge in [0.05, 0.1) is 5.54 Å². The van der Waals surface area contributed by atoms with E-state index >= 15 is 0 Å². The van der Waals surface area contributed by atoms with E-state index in [0.29, 0.717) is 5.92 Å². The second-order valence-electron chi connectivity index (χ2n) is 7.06. The molecule has 0 saturated carbocycles. The number of halogens is 1. The van der Waals surface area contributed by atoms with Crippen molar-refractivity contribution in [3.63, 3.8) is 0 Å². The van der Waals surface area contributed by atoms with Gasteiger partial charge in [0.15, 0.2) is 11.6 Å². The molecule has 6 heteroatoms. The van der Waals surface area contributed by atoms with Crippen molar-refractivity contribution >= 4 is 11.7 Å². The first kappa shape index (κ1) is 20.5. The number of pyridine rings is 1. The van der Waals surface area contributed by atoms with Gasteiger partial charge in [-0.1, -0.05) is 20.8 Å². The lowest BCUT2D eigenvalue weighted by atomic mass is 10.0. The van der Waals surface area contributed by atoms with E-state index in [1.54, 1.807) is 0 Å². The normalized spacial score (nSPS) is 12.2. The van der Waals surface area contributed by atoms with Crippen LogP contribution in [0.1, 0.15) is 34.6 Å². The summed E-state index contributed by atoms with van der Waals surface area (Å²) in [4.78, 5) is 20.8. The molecule has 0 radical (unpaired) electrons. The molecule has 0 bridgehead atoms. The Balaban J connectivity index is 2.65. The number of carbonyl (C=O) groups is 1. The number of amides is 1. The standard InChI is InChI=1S/C18H31FN4O/c1-7-23(13-14(2)3)12-11-22(6)18(4,5)17(24)21-16-15(19)9-8-10-20-16/h8-10,14H,7,11-13H2,1-6H3,(H,20,21,24). The summed E-state index contributed by atoms with van der Waals surface area (Å²) in [7, 11) is 1.91. The number of aromatic nitrogens is 1. The zero-order valence-corrected chi connectivity index (χ0v) is 15.8. The maximum absolute atomic E-state index is 13.7. The molecule has 0 unspecified atom stereocenters. The highest BCUT2D eigenvalue weighted by molar-refractivity contribution is 5.96. The molecule has 1 heterocycles. The Labute approximate surface area is 145 Å². The van der Waals surface area contributed by atoms with Crippen molar-refractivity contribution in [3.05, 3.63) is 24.1 Å². The first-order valence-electron chi connectivity index (χ1n) is 8.54. The minimum Gasteiger partial charge on any atom is -0.307 e. The van der Waals surface area contributed by atoms with Gasteiger partial charge in [-0.05, 0) is 45.5 Å². The number of rotatable bonds is 9. The minimum atomic E-state index is -0.763. The highest BCUT2D eigenvalue weighted by Gasteiger charge is 2.33. The van der Waals surface area contributed by atoms with Crippen LogP contribution < -0.4 is 5.32 Å². The largest absolute Gasteiger partial charge is 0.307 e. The molecule has 0 saturated heterocycles. The van der Waals surface area contributed by atoms with Crippen molar-refractivity contribution in [1.82, 2.24) is 14.8 Å². The zero-order chi connectivity index (χ0) is 18.3. The molecular weight excluding hydrogens is 307 g/mol. The van der Waals surface area contributed by atoms with Gasteiger partial charge in [-0.2, -0.15) is 0 Å². The third-order valence-electron chi connectivity index (χ3n) is 4.32. The molecule has 0 aromatic carbocycles. The Morgan fingerprint density at radius 2 is 2.04 bits per heavy atom. The Morgan fingerprint density at radius 3 is 2.58 bits per heavy atom. The van der Waals surface area contributed by atoms with Crippen LogP contribution in [0.4, 0.5) is 10.2 Å². The average Bonchev–Trinajstić information content (AvgIpc) is 2.52. The summed E-state index contributed by atoms with van der Waals surface area (Å²) < 4.78 is 13.7. The van der Waals surface area contributed by atoms with Gasteiger partial charge in [-0.15, -0.1) is 0 Å². The number of nitrogens with zero attached hydrogens (tertiary/aromatic N) is 3. The van der Waals surface area contributed by atoms with E-state index in [9.17, 15) is 9.18 Å². The predicted molar refractivity (Wildman–Crippen MR) is 96.5 cm³/mol. The molecular formula is C18H31FN4O. The molecule has 1 N–H and O–H groups in total. The van der Waals surface area contributed by atoms with Crippen molar-refractivity contribution < 1.29 is 9.18 Å². The molecule has 0 aliphatic rings. The van der Waals surface area contributed by atoms with Crippen molar-refractivity contribution in [3.8, 4) is 0 Å². The van der Waals surface area contributed by atoms with Crippen molar-refractivity contribution in [2.24, 2.45) is 5.92 Å². The van der Waals surface area contributed by atoms with Crippen LogP contribution in [0.2, 0.25) is 0 Å². The molecule has 0 spiro atoms. The lowest BCUT2D eigenvalue weighted by Gasteiger charge is -2.35. The number of carbonyl (C=O) groups excluding carboxylic acids is 1. The predicted octanol–water partition coefficient (Wildman–Crippen LogP) is 2.85. The number of nitrogens with one attached hydrogen (secondary N) is 1. The number of hydrogen-bond donors (Lipinski definition) is 1. The van der Waals surface area contributed by atoms with Crippen LogP contribution in [0.15, 0.2) is 18.3 Å². The number of anilines is 1. The molecule has 0 aliphatic heterocycles. The molecule has 1 rings (SSSR count). The Bertz CT molecular complexity index is 534. The SMILES string of the molecule is CCN(CCN(C)C(C)(C)C(=O)Nc1ncccc1F)CC(C)C. The topological polar surface area (TPSA) is 48.5 Å².